The Kier molecular flexibility index (Phi) is 5.20. The topological polar surface area (TPSA) is 54.0 Å². The average Bonchev–Trinajstić information content (AvgIpc) is 3.17. The molecule has 25 heavy (non-hydrogen) atoms. The van der Waals surface area contributed by atoms with Crippen LogP contribution in [0.25, 0.3) is 0 Å². The van der Waals surface area contributed by atoms with Crippen molar-refractivity contribution < 1.29 is 14.3 Å². The Bertz CT molecular complexity index is 584. The molecule has 3 fully saturated rings. The highest BCUT2D eigenvalue weighted by molar-refractivity contribution is 5.92. The molecule has 0 spiro atoms. The van der Waals surface area contributed by atoms with E-state index in [1.165, 1.54) is 18.5 Å². The van der Waals surface area contributed by atoms with Gasteiger partial charge in [-0.2, -0.15) is 0 Å². The van der Waals surface area contributed by atoms with E-state index in [1.807, 2.05) is 12.1 Å². The van der Waals surface area contributed by atoms with E-state index in [2.05, 4.69) is 27.2 Å². The lowest BCUT2D eigenvalue weighted by Crippen LogP contribution is -2.57. The van der Waals surface area contributed by atoms with Crippen LogP contribution < -0.4 is 10.2 Å². The number of hydrogen-bond acceptors (Lipinski definition) is 5. The number of carbonyl (C=O) groups is 1. The molecule has 6 heteroatoms. The number of rotatable bonds is 4. The summed E-state index contributed by atoms with van der Waals surface area (Å²) >= 11 is 0. The quantitative estimate of drug-likeness (QED) is 0.900. The molecule has 3 saturated heterocycles. The van der Waals surface area contributed by atoms with Crippen molar-refractivity contribution in [2.75, 3.05) is 56.2 Å². The Labute approximate surface area is 149 Å². The summed E-state index contributed by atoms with van der Waals surface area (Å²) in [4.78, 5) is 17.0. The molecule has 1 aromatic carbocycles. The van der Waals surface area contributed by atoms with Crippen LogP contribution in [0, 0.1) is 0 Å². The Morgan fingerprint density at radius 2 is 1.92 bits per heavy atom. The molecule has 0 bridgehead atoms. The highest BCUT2D eigenvalue weighted by Gasteiger charge is 2.35. The highest BCUT2D eigenvalue weighted by atomic mass is 16.5. The van der Waals surface area contributed by atoms with Gasteiger partial charge in [-0.3, -0.25) is 9.69 Å². The molecule has 1 amide bonds. The van der Waals surface area contributed by atoms with Crippen LogP contribution >= 0.6 is 0 Å². The zero-order valence-corrected chi connectivity index (χ0v) is 14.7. The first-order valence-corrected chi connectivity index (χ1v) is 9.38. The molecule has 6 nitrogen and oxygen atoms in total. The first kappa shape index (κ1) is 16.8. The van der Waals surface area contributed by atoms with E-state index in [-0.39, 0.29) is 18.1 Å². The third-order valence-electron chi connectivity index (χ3n) is 5.41. The Morgan fingerprint density at radius 1 is 1.12 bits per heavy atom. The van der Waals surface area contributed by atoms with Crippen molar-refractivity contribution >= 4 is 17.3 Å². The van der Waals surface area contributed by atoms with Gasteiger partial charge in [0, 0.05) is 37.6 Å². The highest BCUT2D eigenvalue weighted by Crippen LogP contribution is 2.23. The van der Waals surface area contributed by atoms with Gasteiger partial charge >= 0.3 is 0 Å². The van der Waals surface area contributed by atoms with Crippen LogP contribution in [-0.2, 0) is 14.3 Å². The summed E-state index contributed by atoms with van der Waals surface area (Å²) in [7, 11) is 0. The van der Waals surface area contributed by atoms with E-state index in [9.17, 15) is 4.79 Å². The molecule has 1 N–H and O–H groups in total. The molecule has 0 saturated carbocycles. The van der Waals surface area contributed by atoms with Gasteiger partial charge in [-0.15, -0.1) is 0 Å². The summed E-state index contributed by atoms with van der Waals surface area (Å²) in [6.07, 6.45) is 3.66. The van der Waals surface area contributed by atoms with Crippen LogP contribution in [-0.4, -0.2) is 69.0 Å². The molecule has 136 valence electrons. The van der Waals surface area contributed by atoms with Gasteiger partial charge in [-0.05, 0) is 43.5 Å². The molecular formula is C19H27N3O3. The lowest BCUT2D eigenvalue weighted by molar-refractivity contribution is -0.139. The smallest absolute Gasteiger partial charge is 0.238 e. The van der Waals surface area contributed by atoms with Gasteiger partial charge in [-0.1, -0.05) is 0 Å². The summed E-state index contributed by atoms with van der Waals surface area (Å²) in [5.41, 5.74) is 2.10. The van der Waals surface area contributed by atoms with Crippen LogP contribution in [0.1, 0.15) is 19.3 Å². The first-order chi connectivity index (χ1) is 12.3. The summed E-state index contributed by atoms with van der Waals surface area (Å²) in [6.45, 7) is 5.54. The number of morpholine rings is 1. The average molecular weight is 345 g/mol. The molecule has 0 aromatic heterocycles. The van der Waals surface area contributed by atoms with Crippen molar-refractivity contribution in [1.29, 1.82) is 0 Å². The van der Waals surface area contributed by atoms with E-state index in [1.54, 1.807) is 0 Å². The minimum atomic E-state index is 0.0279. The number of benzene rings is 1. The SMILES string of the molecule is O=C(CN1CCO[C@@H]2CCOC[C@H]21)Nc1ccc(N2CCCC2)cc1. The zero-order valence-electron chi connectivity index (χ0n) is 14.7. The molecule has 0 radical (unpaired) electrons. The predicted octanol–water partition coefficient (Wildman–Crippen LogP) is 1.71. The van der Waals surface area contributed by atoms with Crippen LogP contribution in [0.2, 0.25) is 0 Å². The minimum absolute atomic E-state index is 0.0279. The predicted molar refractivity (Wildman–Crippen MR) is 97.1 cm³/mol. The fraction of sp³-hybridized carbons (Fsp3) is 0.632. The number of anilines is 2. The van der Waals surface area contributed by atoms with Crippen LogP contribution in [0.15, 0.2) is 24.3 Å². The molecule has 0 unspecified atom stereocenters. The van der Waals surface area contributed by atoms with Gasteiger partial charge in [0.1, 0.15) is 0 Å². The number of carbonyl (C=O) groups excluding carboxylic acids is 1. The number of nitrogens with one attached hydrogen (secondary N) is 1. The van der Waals surface area contributed by atoms with Gasteiger partial charge in [0.15, 0.2) is 0 Å². The maximum Gasteiger partial charge on any atom is 0.238 e. The largest absolute Gasteiger partial charge is 0.380 e. The summed E-state index contributed by atoms with van der Waals surface area (Å²) < 4.78 is 11.4. The molecule has 0 aliphatic carbocycles. The van der Waals surface area contributed by atoms with Crippen molar-refractivity contribution in [3.8, 4) is 0 Å². The van der Waals surface area contributed by atoms with Gasteiger partial charge in [0.25, 0.3) is 0 Å². The summed E-state index contributed by atoms with van der Waals surface area (Å²) in [5, 5.41) is 3.02. The maximum absolute atomic E-state index is 12.5. The standard InChI is InChI=1S/C19H27N3O3/c23-19(13-22-10-12-25-18-7-11-24-14-17(18)22)20-15-3-5-16(6-4-15)21-8-1-2-9-21/h3-6,17-18H,1-2,7-14H2,(H,20,23)/t17-,18-/m1/s1. The maximum atomic E-state index is 12.5. The van der Waals surface area contributed by atoms with Crippen LogP contribution in [0.3, 0.4) is 0 Å². The molecule has 3 aliphatic rings. The van der Waals surface area contributed by atoms with E-state index in [0.29, 0.717) is 19.8 Å². The van der Waals surface area contributed by atoms with Crippen molar-refractivity contribution in [1.82, 2.24) is 4.90 Å². The number of nitrogens with zero attached hydrogens (tertiary/aromatic N) is 2. The zero-order chi connectivity index (χ0) is 17.1. The third kappa shape index (κ3) is 3.97. The van der Waals surface area contributed by atoms with Crippen molar-refractivity contribution in [3.63, 3.8) is 0 Å². The lowest BCUT2D eigenvalue weighted by atomic mass is 10.0. The van der Waals surface area contributed by atoms with Crippen molar-refractivity contribution in [3.05, 3.63) is 24.3 Å². The van der Waals surface area contributed by atoms with Crippen LogP contribution in [0.5, 0.6) is 0 Å². The molecule has 3 aliphatic heterocycles. The lowest BCUT2D eigenvalue weighted by Gasteiger charge is -2.43. The third-order valence-corrected chi connectivity index (χ3v) is 5.41. The second kappa shape index (κ2) is 7.72. The van der Waals surface area contributed by atoms with E-state index < -0.39 is 0 Å². The van der Waals surface area contributed by atoms with E-state index >= 15 is 0 Å². The second-order valence-corrected chi connectivity index (χ2v) is 7.10. The van der Waals surface area contributed by atoms with Gasteiger partial charge in [0.05, 0.1) is 31.9 Å². The summed E-state index contributed by atoms with van der Waals surface area (Å²) in [6, 6.07) is 8.39. The molecule has 3 heterocycles. The Morgan fingerprint density at radius 3 is 2.72 bits per heavy atom. The fourth-order valence-electron chi connectivity index (χ4n) is 4.04. The molecular weight excluding hydrogens is 318 g/mol. The van der Waals surface area contributed by atoms with E-state index in [0.717, 1.165) is 38.3 Å². The van der Waals surface area contributed by atoms with Gasteiger partial charge < -0.3 is 19.7 Å². The summed E-state index contributed by atoms with van der Waals surface area (Å²) in [5.74, 6) is 0.0279. The Balaban J connectivity index is 1.32. The van der Waals surface area contributed by atoms with Crippen LogP contribution in [0.4, 0.5) is 11.4 Å². The van der Waals surface area contributed by atoms with Gasteiger partial charge in [0.2, 0.25) is 5.91 Å². The molecule has 1 aromatic rings. The minimum Gasteiger partial charge on any atom is -0.380 e. The number of ether oxygens (including phenoxy) is 2. The van der Waals surface area contributed by atoms with Crippen molar-refractivity contribution in [2.24, 2.45) is 0 Å². The number of hydrogen-bond donors (Lipinski definition) is 1. The molecule has 2 atom stereocenters. The normalized spacial score (nSPS) is 27.1. The number of fused-ring (bicyclic) bond motifs is 1. The molecule has 4 rings (SSSR count). The van der Waals surface area contributed by atoms with Crippen molar-refractivity contribution in [2.45, 2.75) is 31.4 Å². The number of amides is 1. The van der Waals surface area contributed by atoms with Gasteiger partial charge in [-0.25, -0.2) is 0 Å². The van der Waals surface area contributed by atoms with E-state index in [4.69, 9.17) is 9.47 Å². The Hall–Kier alpha value is -1.63. The second-order valence-electron chi connectivity index (χ2n) is 7.10. The fourth-order valence-corrected chi connectivity index (χ4v) is 4.04. The monoisotopic (exact) mass is 345 g/mol. The first-order valence-electron chi connectivity index (χ1n) is 9.38.